The van der Waals surface area contributed by atoms with E-state index in [9.17, 15) is 4.79 Å². The first-order valence-corrected chi connectivity index (χ1v) is 8.14. The van der Waals surface area contributed by atoms with Crippen molar-refractivity contribution < 1.29 is 4.79 Å². The van der Waals surface area contributed by atoms with Gasteiger partial charge in [-0.25, -0.2) is 0 Å². The molecule has 106 valence electrons. The standard InChI is InChI=1S/C15H24N2OS/c1-4-5-6-8-11(2)17-14(13-9-7-10-19-13)16-12(3)15(17)18/h7,9-12,14,16H,4-6,8H2,1-3H3. The third-order valence-electron chi connectivity index (χ3n) is 3.82. The number of thiophene rings is 1. The van der Waals surface area contributed by atoms with E-state index in [1.54, 1.807) is 11.3 Å². The van der Waals surface area contributed by atoms with Crippen LogP contribution in [0.15, 0.2) is 17.5 Å². The number of carbonyl (C=O) groups is 1. The molecule has 1 aromatic rings. The normalized spacial score (nSPS) is 25.0. The first kappa shape index (κ1) is 14.5. The van der Waals surface area contributed by atoms with Gasteiger partial charge in [-0.05, 0) is 31.7 Å². The molecular formula is C15H24N2OS. The summed E-state index contributed by atoms with van der Waals surface area (Å²) in [6.45, 7) is 6.35. The zero-order chi connectivity index (χ0) is 13.8. The number of rotatable bonds is 6. The van der Waals surface area contributed by atoms with Crippen molar-refractivity contribution in [3.05, 3.63) is 22.4 Å². The summed E-state index contributed by atoms with van der Waals surface area (Å²) in [6.07, 6.45) is 4.84. The van der Waals surface area contributed by atoms with Crippen LogP contribution in [0.5, 0.6) is 0 Å². The molecule has 3 unspecified atom stereocenters. The summed E-state index contributed by atoms with van der Waals surface area (Å²) < 4.78 is 0. The topological polar surface area (TPSA) is 32.3 Å². The van der Waals surface area contributed by atoms with Crippen LogP contribution in [0.2, 0.25) is 0 Å². The maximum Gasteiger partial charge on any atom is 0.241 e. The van der Waals surface area contributed by atoms with Gasteiger partial charge in [-0.2, -0.15) is 0 Å². The van der Waals surface area contributed by atoms with Crippen LogP contribution >= 0.6 is 11.3 Å². The molecule has 2 heterocycles. The van der Waals surface area contributed by atoms with Gasteiger partial charge >= 0.3 is 0 Å². The lowest BCUT2D eigenvalue weighted by Crippen LogP contribution is -2.38. The maximum atomic E-state index is 12.4. The molecule has 0 aliphatic carbocycles. The van der Waals surface area contributed by atoms with E-state index >= 15 is 0 Å². The predicted octanol–water partition coefficient (Wildman–Crippen LogP) is 3.54. The van der Waals surface area contributed by atoms with Crippen LogP contribution in [-0.4, -0.2) is 22.9 Å². The van der Waals surface area contributed by atoms with E-state index < -0.39 is 0 Å². The van der Waals surface area contributed by atoms with Crippen molar-refractivity contribution in [1.82, 2.24) is 10.2 Å². The molecule has 1 aromatic heterocycles. The number of unbranched alkanes of at least 4 members (excludes halogenated alkanes) is 2. The van der Waals surface area contributed by atoms with Crippen molar-refractivity contribution in [3.63, 3.8) is 0 Å². The minimum atomic E-state index is -0.0688. The molecular weight excluding hydrogens is 256 g/mol. The molecule has 0 aromatic carbocycles. The lowest BCUT2D eigenvalue weighted by Gasteiger charge is -2.30. The van der Waals surface area contributed by atoms with Crippen LogP contribution in [0.1, 0.15) is 57.5 Å². The van der Waals surface area contributed by atoms with Crippen LogP contribution in [-0.2, 0) is 4.79 Å². The van der Waals surface area contributed by atoms with E-state index in [-0.39, 0.29) is 18.1 Å². The van der Waals surface area contributed by atoms with E-state index in [1.807, 2.05) is 11.8 Å². The lowest BCUT2D eigenvalue weighted by atomic mass is 10.1. The Bertz CT molecular complexity index is 404. The Labute approximate surface area is 120 Å². The van der Waals surface area contributed by atoms with Gasteiger partial charge in [-0.15, -0.1) is 11.3 Å². The van der Waals surface area contributed by atoms with Crippen LogP contribution in [0.25, 0.3) is 0 Å². The summed E-state index contributed by atoms with van der Waals surface area (Å²) in [4.78, 5) is 15.6. The van der Waals surface area contributed by atoms with Gasteiger partial charge in [-0.1, -0.05) is 32.3 Å². The lowest BCUT2D eigenvalue weighted by molar-refractivity contribution is -0.131. The highest BCUT2D eigenvalue weighted by Crippen LogP contribution is 2.31. The van der Waals surface area contributed by atoms with Gasteiger partial charge in [-0.3, -0.25) is 10.1 Å². The summed E-state index contributed by atoms with van der Waals surface area (Å²) in [6, 6.07) is 4.40. The summed E-state index contributed by atoms with van der Waals surface area (Å²) in [5, 5.41) is 5.49. The van der Waals surface area contributed by atoms with Crippen molar-refractivity contribution in [2.24, 2.45) is 0 Å². The molecule has 1 amide bonds. The Hall–Kier alpha value is -0.870. The van der Waals surface area contributed by atoms with E-state index in [0.29, 0.717) is 6.04 Å². The van der Waals surface area contributed by atoms with Crippen molar-refractivity contribution in [2.45, 2.75) is 64.7 Å². The zero-order valence-corrected chi connectivity index (χ0v) is 12.9. The minimum absolute atomic E-state index is 0.0686. The predicted molar refractivity (Wildman–Crippen MR) is 80.1 cm³/mol. The molecule has 1 N–H and O–H groups in total. The molecule has 1 aliphatic heterocycles. The number of nitrogens with zero attached hydrogens (tertiary/aromatic N) is 1. The maximum absolute atomic E-state index is 12.4. The quantitative estimate of drug-likeness (QED) is 0.808. The summed E-state index contributed by atoms with van der Waals surface area (Å²) in [7, 11) is 0. The molecule has 4 heteroatoms. The van der Waals surface area contributed by atoms with Crippen molar-refractivity contribution in [2.75, 3.05) is 0 Å². The van der Waals surface area contributed by atoms with E-state index in [2.05, 4.69) is 36.7 Å². The average Bonchev–Trinajstić information content (AvgIpc) is 2.99. The Morgan fingerprint density at radius 1 is 1.47 bits per heavy atom. The third kappa shape index (κ3) is 3.18. The molecule has 0 bridgehead atoms. The zero-order valence-electron chi connectivity index (χ0n) is 12.1. The molecule has 1 aliphatic rings. The second-order valence-electron chi connectivity index (χ2n) is 5.40. The van der Waals surface area contributed by atoms with Crippen molar-refractivity contribution >= 4 is 17.2 Å². The van der Waals surface area contributed by atoms with Gasteiger partial charge < -0.3 is 4.90 Å². The van der Waals surface area contributed by atoms with Gasteiger partial charge in [0.05, 0.1) is 6.04 Å². The van der Waals surface area contributed by atoms with Gasteiger partial charge in [0.2, 0.25) is 5.91 Å². The fraction of sp³-hybridized carbons (Fsp3) is 0.667. The Morgan fingerprint density at radius 2 is 2.26 bits per heavy atom. The van der Waals surface area contributed by atoms with Crippen LogP contribution < -0.4 is 5.32 Å². The Kier molecular flexibility index (Phi) is 4.99. The van der Waals surface area contributed by atoms with E-state index in [0.717, 1.165) is 6.42 Å². The number of hydrogen-bond acceptors (Lipinski definition) is 3. The first-order valence-electron chi connectivity index (χ1n) is 7.26. The number of hydrogen-bond donors (Lipinski definition) is 1. The number of carbonyl (C=O) groups excluding carboxylic acids is 1. The Balaban J connectivity index is 2.07. The molecule has 1 fully saturated rings. The van der Waals surface area contributed by atoms with Crippen LogP contribution in [0, 0.1) is 0 Å². The van der Waals surface area contributed by atoms with Crippen LogP contribution in [0.3, 0.4) is 0 Å². The monoisotopic (exact) mass is 280 g/mol. The molecule has 2 rings (SSSR count). The summed E-state index contributed by atoms with van der Waals surface area (Å²) in [5.41, 5.74) is 0. The largest absolute Gasteiger partial charge is 0.318 e. The summed E-state index contributed by atoms with van der Waals surface area (Å²) >= 11 is 1.72. The number of amides is 1. The fourth-order valence-electron chi connectivity index (χ4n) is 2.71. The highest BCUT2D eigenvalue weighted by atomic mass is 32.1. The molecule has 0 saturated carbocycles. The molecule has 0 radical (unpaired) electrons. The molecule has 3 atom stereocenters. The second-order valence-corrected chi connectivity index (χ2v) is 6.38. The molecule has 1 saturated heterocycles. The van der Waals surface area contributed by atoms with E-state index in [4.69, 9.17) is 0 Å². The fourth-order valence-corrected chi connectivity index (χ4v) is 3.49. The molecule has 0 spiro atoms. The first-order chi connectivity index (χ1) is 9.15. The average molecular weight is 280 g/mol. The van der Waals surface area contributed by atoms with Gasteiger partial charge in [0.15, 0.2) is 0 Å². The highest BCUT2D eigenvalue weighted by Gasteiger charge is 2.39. The van der Waals surface area contributed by atoms with E-state index in [1.165, 1.54) is 24.1 Å². The molecule has 19 heavy (non-hydrogen) atoms. The number of nitrogens with one attached hydrogen (secondary N) is 1. The Morgan fingerprint density at radius 3 is 2.89 bits per heavy atom. The third-order valence-corrected chi connectivity index (χ3v) is 4.75. The van der Waals surface area contributed by atoms with Crippen LogP contribution in [0.4, 0.5) is 0 Å². The minimum Gasteiger partial charge on any atom is -0.318 e. The summed E-state index contributed by atoms with van der Waals surface area (Å²) in [5.74, 6) is 0.238. The highest BCUT2D eigenvalue weighted by molar-refractivity contribution is 7.10. The van der Waals surface area contributed by atoms with Gasteiger partial charge in [0.25, 0.3) is 0 Å². The van der Waals surface area contributed by atoms with Gasteiger partial charge in [0, 0.05) is 10.9 Å². The van der Waals surface area contributed by atoms with Gasteiger partial charge in [0.1, 0.15) is 6.17 Å². The molecule has 3 nitrogen and oxygen atoms in total. The van der Waals surface area contributed by atoms with Crippen molar-refractivity contribution in [3.8, 4) is 0 Å². The smallest absolute Gasteiger partial charge is 0.241 e. The van der Waals surface area contributed by atoms with Crippen molar-refractivity contribution in [1.29, 1.82) is 0 Å². The SMILES string of the molecule is CCCCCC(C)N1C(=O)C(C)NC1c1cccs1. The second kappa shape index (κ2) is 6.53.